The minimum absolute atomic E-state index is 0.0250. The Morgan fingerprint density at radius 3 is 2.57 bits per heavy atom. The number of ether oxygens (including phenoxy) is 1. The molecule has 0 heterocycles. The van der Waals surface area contributed by atoms with Crippen molar-refractivity contribution in [1.82, 2.24) is 0 Å². The predicted molar refractivity (Wildman–Crippen MR) is 58.0 cm³/mol. The summed E-state index contributed by atoms with van der Waals surface area (Å²) in [6.45, 7) is 0. The van der Waals surface area contributed by atoms with Crippen LogP contribution in [0.4, 0.5) is 0 Å². The van der Waals surface area contributed by atoms with E-state index in [-0.39, 0.29) is 6.04 Å². The number of methoxy groups -OCH3 is 1. The minimum atomic E-state index is 0.0250. The highest BCUT2D eigenvalue weighted by atomic mass is 16.5. The SMILES string of the molecule is C#CCCC(N)c1ccc(OC)cc1. The molecule has 0 aliphatic rings. The van der Waals surface area contributed by atoms with Crippen molar-refractivity contribution in [2.75, 3.05) is 7.11 Å². The Hall–Kier alpha value is -1.46. The van der Waals surface area contributed by atoms with Gasteiger partial charge >= 0.3 is 0 Å². The highest BCUT2D eigenvalue weighted by Gasteiger charge is 2.04. The van der Waals surface area contributed by atoms with Crippen molar-refractivity contribution in [1.29, 1.82) is 0 Å². The van der Waals surface area contributed by atoms with E-state index in [1.165, 1.54) is 0 Å². The third kappa shape index (κ3) is 2.79. The Bertz CT molecular complexity index is 310. The zero-order valence-corrected chi connectivity index (χ0v) is 8.36. The molecule has 2 N–H and O–H groups in total. The summed E-state index contributed by atoms with van der Waals surface area (Å²) in [5.74, 6) is 3.43. The molecule has 74 valence electrons. The first-order valence-corrected chi connectivity index (χ1v) is 4.61. The first-order chi connectivity index (χ1) is 6.77. The van der Waals surface area contributed by atoms with Crippen molar-refractivity contribution in [2.45, 2.75) is 18.9 Å². The maximum Gasteiger partial charge on any atom is 0.118 e. The first-order valence-electron chi connectivity index (χ1n) is 4.61. The van der Waals surface area contributed by atoms with Crippen LogP contribution in [0.1, 0.15) is 24.4 Å². The van der Waals surface area contributed by atoms with Crippen LogP contribution in [0.5, 0.6) is 5.75 Å². The summed E-state index contributed by atoms with van der Waals surface area (Å²) >= 11 is 0. The van der Waals surface area contributed by atoms with Gasteiger partial charge in [-0.1, -0.05) is 12.1 Å². The summed E-state index contributed by atoms with van der Waals surface area (Å²) in [4.78, 5) is 0. The Balaban J connectivity index is 2.62. The van der Waals surface area contributed by atoms with Gasteiger partial charge in [-0.25, -0.2) is 0 Å². The minimum Gasteiger partial charge on any atom is -0.497 e. The van der Waals surface area contributed by atoms with E-state index in [0.29, 0.717) is 6.42 Å². The van der Waals surface area contributed by atoms with Crippen molar-refractivity contribution in [3.05, 3.63) is 29.8 Å². The summed E-state index contributed by atoms with van der Waals surface area (Å²) < 4.78 is 5.06. The Kier molecular flexibility index (Phi) is 4.03. The molecule has 0 aromatic heterocycles. The summed E-state index contributed by atoms with van der Waals surface area (Å²) in [6.07, 6.45) is 6.71. The fourth-order valence-corrected chi connectivity index (χ4v) is 1.26. The molecule has 1 unspecified atom stereocenters. The van der Waals surface area contributed by atoms with E-state index in [0.717, 1.165) is 17.7 Å². The van der Waals surface area contributed by atoms with E-state index in [1.54, 1.807) is 7.11 Å². The van der Waals surface area contributed by atoms with Crippen molar-refractivity contribution in [3.63, 3.8) is 0 Å². The van der Waals surface area contributed by atoms with E-state index in [4.69, 9.17) is 16.9 Å². The van der Waals surface area contributed by atoms with Crippen molar-refractivity contribution >= 4 is 0 Å². The van der Waals surface area contributed by atoms with Crippen LogP contribution in [0.3, 0.4) is 0 Å². The van der Waals surface area contributed by atoms with Crippen molar-refractivity contribution < 1.29 is 4.74 Å². The van der Waals surface area contributed by atoms with Crippen LogP contribution in [0.15, 0.2) is 24.3 Å². The second kappa shape index (κ2) is 5.31. The highest BCUT2D eigenvalue weighted by molar-refractivity contribution is 5.28. The smallest absolute Gasteiger partial charge is 0.118 e. The topological polar surface area (TPSA) is 35.2 Å². The normalized spacial score (nSPS) is 11.8. The van der Waals surface area contributed by atoms with Gasteiger partial charge in [-0.2, -0.15) is 0 Å². The van der Waals surface area contributed by atoms with Gasteiger partial charge < -0.3 is 10.5 Å². The molecule has 2 heteroatoms. The molecule has 1 rings (SSSR count). The van der Waals surface area contributed by atoms with Crippen LogP contribution in [0.2, 0.25) is 0 Å². The third-order valence-electron chi connectivity index (χ3n) is 2.14. The maximum atomic E-state index is 5.94. The average Bonchev–Trinajstić information content (AvgIpc) is 2.26. The van der Waals surface area contributed by atoms with Crippen LogP contribution in [-0.2, 0) is 0 Å². The zero-order valence-electron chi connectivity index (χ0n) is 8.36. The van der Waals surface area contributed by atoms with Crippen molar-refractivity contribution in [2.24, 2.45) is 5.73 Å². The number of hydrogen-bond acceptors (Lipinski definition) is 2. The highest BCUT2D eigenvalue weighted by Crippen LogP contribution is 2.18. The van der Waals surface area contributed by atoms with Crippen LogP contribution in [-0.4, -0.2) is 7.11 Å². The lowest BCUT2D eigenvalue weighted by Gasteiger charge is -2.10. The second-order valence-electron chi connectivity index (χ2n) is 3.12. The molecule has 1 aromatic rings. The average molecular weight is 189 g/mol. The molecule has 0 radical (unpaired) electrons. The summed E-state index contributed by atoms with van der Waals surface area (Å²) in [5, 5.41) is 0. The van der Waals surface area contributed by atoms with Gasteiger partial charge in [0.1, 0.15) is 5.75 Å². The van der Waals surface area contributed by atoms with Gasteiger partial charge in [0.05, 0.1) is 7.11 Å². The quantitative estimate of drug-likeness (QED) is 0.736. The van der Waals surface area contributed by atoms with Gasteiger partial charge in [0, 0.05) is 12.5 Å². The van der Waals surface area contributed by atoms with Crippen LogP contribution in [0.25, 0.3) is 0 Å². The molecule has 14 heavy (non-hydrogen) atoms. The van der Waals surface area contributed by atoms with E-state index in [2.05, 4.69) is 5.92 Å². The Morgan fingerprint density at radius 1 is 1.43 bits per heavy atom. The molecule has 0 saturated heterocycles. The number of nitrogens with two attached hydrogens (primary N) is 1. The molecular formula is C12H15NO. The van der Waals surface area contributed by atoms with E-state index in [9.17, 15) is 0 Å². The fraction of sp³-hybridized carbons (Fsp3) is 0.333. The third-order valence-corrected chi connectivity index (χ3v) is 2.14. The largest absolute Gasteiger partial charge is 0.497 e. The van der Waals surface area contributed by atoms with Gasteiger partial charge in [-0.05, 0) is 24.1 Å². The molecular weight excluding hydrogens is 174 g/mol. The molecule has 0 fully saturated rings. The molecule has 0 saturated carbocycles. The molecule has 1 aromatic carbocycles. The van der Waals surface area contributed by atoms with Gasteiger partial charge in [-0.15, -0.1) is 12.3 Å². The fourth-order valence-electron chi connectivity index (χ4n) is 1.26. The van der Waals surface area contributed by atoms with Crippen LogP contribution < -0.4 is 10.5 Å². The van der Waals surface area contributed by atoms with Gasteiger partial charge in [-0.3, -0.25) is 0 Å². The molecule has 0 aliphatic heterocycles. The molecule has 0 bridgehead atoms. The summed E-state index contributed by atoms with van der Waals surface area (Å²) in [7, 11) is 1.65. The zero-order chi connectivity index (χ0) is 10.4. The number of rotatable bonds is 4. The molecule has 0 amide bonds. The Morgan fingerprint density at radius 2 is 2.07 bits per heavy atom. The molecule has 2 nitrogen and oxygen atoms in total. The lowest BCUT2D eigenvalue weighted by molar-refractivity contribution is 0.414. The van der Waals surface area contributed by atoms with Crippen LogP contribution in [0, 0.1) is 12.3 Å². The van der Waals surface area contributed by atoms with Crippen molar-refractivity contribution in [3.8, 4) is 18.1 Å². The number of terminal acetylenes is 1. The first kappa shape index (κ1) is 10.6. The van der Waals surface area contributed by atoms with E-state index < -0.39 is 0 Å². The van der Waals surface area contributed by atoms with Gasteiger partial charge in [0.2, 0.25) is 0 Å². The summed E-state index contributed by atoms with van der Waals surface area (Å²) in [6, 6.07) is 7.79. The number of hydrogen-bond donors (Lipinski definition) is 1. The maximum absolute atomic E-state index is 5.94. The Labute approximate surface area is 85.1 Å². The van der Waals surface area contributed by atoms with E-state index in [1.807, 2.05) is 24.3 Å². The molecule has 0 aliphatic carbocycles. The summed E-state index contributed by atoms with van der Waals surface area (Å²) in [5.41, 5.74) is 7.03. The van der Waals surface area contributed by atoms with Gasteiger partial charge in [0.15, 0.2) is 0 Å². The number of benzene rings is 1. The van der Waals surface area contributed by atoms with Gasteiger partial charge in [0.25, 0.3) is 0 Å². The predicted octanol–water partition coefficient (Wildman–Crippen LogP) is 2.11. The van der Waals surface area contributed by atoms with E-state index >= 15 is 0 Å². The van der Waals surface area contributed by atoms with Crippen LogP contribution >= 0.6 is 0 Å². The monoisotopic (exact) mass is 189 g/mol. The lowest BCUT2D eigenvalue weighted by Crippen LogP contribution is -2.09. The lowest BCUT2D eigenvalue weighted by atomic mass is 10.0. The second-order valence-corrected chi connectivity index (χ2v) is 3.12. The molecule has 0 spiro atoms. The molecule has 1 atom stereocenters. The standard InChI is InChI=1S/C12H15NO/c1-3-4-5-12(13)10-6-8-11(14-2)9-7-10/h1,6-9,12H,4-5,13H2,2H3.